The highest BCUT2D eigenvalue weighted by Crippen LogP contribution is 2.32. The summed E-state index contributed by atoms with van der Waals surface area (Å²) in [6, 6.07) is 17.9. The van der Waals surface area contributed by atoms with Gasteiger partial charge in [-0.1, -0.05) is 6.07 Å². The largest absolute Gasteiger partial charge is 0.438 e. The van der Waals surface area contributed by atoms with Crippen LogP contribution in [0.5, 0.6) is 0 Å². The maximum absolute atomic E-state index is 5.88. The van der Waals surface area contributed by atoms with Crippen LogP contribution in [0.4, 0.5) is 0 Å². The van der Waals surface area contributed by atoms with Crippen molar-refractivity contribution in [2.45, 2.75) is 0 Å². The zero-order valence-corrected chi connectivity index (χ0v) is 13.5. The van der Waals surface area contributed by atoms with E-state index >= 15 is 0 Å². The summed E-state index contributed by atoms with van der Waals surface area (Å²) in [5.41, 5.74) is 4.42. The van der Waals surface area contributed by atoms with Crippen LogP contribution in [0, 0.1) is 0 Å². The van der Waals surface area contributed by atoms with E-state index in [0.717, 1.165) is 38.4 Å². The van der Waals surface area contributed by atoms with Gasteiger partial charge in [0.1, 0.15) is 5.58 Å². The van der Waals surface area contributed by atoms with Gasteiger partial charge in [-0.2, -0.15) is 0 Å². The molecule has 0 unspecified atom stereocenters. The van der Waals surface area contributed by atoms with E-state index in [-0.39, 0.29) is 0 Å². The molecular weight excluding hydrogens is 326 g/mol. The second-order valence-corrected chi connectivity index (χ2v) is 6.18. The Morgan fingerprint density at radius 2 is 1.31 bits per heavy atom. The second kappa shape index (κ2) is 4.89. The van der Waals surface area contributed by atoms with E-state index in [1.54, 1.807) is 12.4 Å². The molecule has 0 amide bonds. The van der Waals surface area contributed by atoms with Crippen molar-refractivity contribution in [2.75, 3.05) is 0 Å². The predicted octanol–water partition coefficient (Wildman–Crippen LogP) is 5.34. The molecule has 6 aromatic rings. The van der Waals surface area contributed by atoms with Crippen LogP contribution in [-0.4, -0.2) is 15.0 Å². The minimum absolute atomic E-state index is 0.586. The Morgan fingerprint density at radius 3 is 2.15 bits per heavy atom. The lowest BCUT2D eigenvalue weighted by Gasteiger charge is -2.00. The average Bonchev–Trinajstić information content (AvgIpc) is 3.24. The molecule has 0 aliphatic heterocycles. The van der Waals surface area contributed by atoms with Crippen LogP contribution >= 0.6 is 0 Å². The lowest BCUT2D eigenvalue weighted by molar-refractivity contribution is 0.640. The molecule has 0 spiro atoms. The van der Waals surface area contributed by atoms with Gasteiger partial charge in [0.25, 0.3) is 0 Å². The molecule has 5 heterocycles. The molecule has 5 nitrogen and oxygen atoms in total. The quantitative estimate of drug-likeness (QED) is 0.405. The van der Waals surface area contributed by atoms with Gasteiger partial charge in [-0.15, -0.1) is 0 Å². The summed E-state index contributed by atoms with van der Waals surface area (Å²) in [7, 11) is 0. The van der Waals surface area contributed by atoms with Gasteiger partial charge in [0, 0.05) is 39.5 Å². The molecule has 122 valence electrons. The standard InChI is InChI=1S/C21H11N3O2/c1-3-14-13-6-5-12(11-18(13)25-19(14)22-9-1)17-8-7-16-15-4-2-10-23-20(15)26-21(16)24-17/h1-11H. The van der Waals surface area contributed by atoms with E-state index in [0.29, 0.717) is 17.1 Å². The summed E-state index contributed by atoms with van der Waals surface area (Å²) in [6.45, 7) is 0. The molecule has 0 N–H and O–H groups in total. The normalized spacial score (nSPS) is 11.8. The van der Waals surface area contributed by atoms with Crippen LogP contribution in [0.1, 0.15) is 0 Å². The summed E-state index contributed by atoms with van der Waals surface area (Å²) in [5, 5.41) is 4.00. The van der Waals surface area contributed by atoms with E-state index in [9.17, 15) is 0 Å². The van der Waals surface area contributed by atoms with Gasteiger partial charge in [-0.05, 0) is 48.5 Å². The van der Waals surface area contributed by atoms with Crippen LogP contribution in [-0.2, 0) is 0 Å². The maximum atomic E-state index is 5.88. The summed E-state index contributed by atoms with van der Waals surface area (Å²) in [4.78, 5) is 13.2. The number of hydrogen-bond acceptors (Lipinski definition) is 5. The van der Waals surface area contributed by atoms with Gasteiger partial charge in [0.15, 0.2) is 0 Å². The number of hydrogen-bond donors (Lipinski definition) is 0. The van der Waals surface area contributed by atoms with Crippen molar-refractivity contribution < 1.29 is 8.83 Å². The third kappa shape index (κ3) is 1.82. The van der Waals surface area contributed by atoms with E-state index in [4.69, 9.17) is 8.83 Å². The highest BCUT2D eigenvalue weighted by atomic mass is 16.3. The van der Waals surface area contributed by atoms with Gasteiger partial charge < -0.3 is 8.83 Å². The molecule has 26 heavy (non-hydrogen) atoms. The number of nitrogens with zero attached hydrogens (tertiary/aromatic N) is 3. The second-order valence-electron chi connectivity index (χ2n) is 6.18. The van der Waals surface area contributed by atoms with Crippen molar-refractivity contribution in [3.63, 3.8) is 0 Å². The van der Waals surface area contributed by atoms with E-state index in [2.05, 4.69) is 15.0 Å². The Labute approximate surface area is 146 Å². The van der Waals surface area contributed by atoms with Crippen molar-refractivity contribution in [3.05, 3.63) is 67.0 Å². The minimum atomic E-state index is 0.586. The summed E-state index contributed by atoms with van der Waals surface area (Å²) < 4.78 is 11.7. The molecule has 0 bridgehead atoms. The molecule has 0 fully saturated rings. The van der Waals surface area contributed by atoms with Crippen LogP contribution in [0.15, 0.2) is 75.8 Å². The monoisotopic (exact) mass is 337 g/mol. The molecule has 1 aromatic carbocycles. The van der Waals surface area contributed by atoms with Crippen LogP contribution in [0.2, 0.25) is 0 Å². The molecule has 5 heteroatoms. The van der Waals surface area contributed by atoms with Gasteiger partial charge >= 0.3 is 0 Å². The Morgan fingerprint density at radius 1 is 0.615 bits per heavy atom. The molecule has 0 radical (unpaired) electrons. The van der Waals surface area contributed by atoms with Gasteiger partial charge in [0.2, 0.25) is 17.1 Å². The topological polar surface area (TPSA) is 65.0 Å². The average molecular weight is 337 g/mol. The van der Waals surface area contributed by atoms with Crippen molar-refractivity contribution in [1.29, 1.82) is 0 Å². The summed E-state index contributed by atoms with van der Waals surface area (Å²) >= 11 is 0. The maximum Gasteiger partial charge on any atom is 0.230 e. The first-order chi connectivity index (χ1) is 12.9. The van der Waals surface area contributed by atoms with Crippen molar-refractivity contribution in [2.24, 2.45) is 0 Å². The predicted molar refractivity (Wildman–Crippen MR) is 99.8 cm³/mol. The fourth-order valence-corrected chi connectivity index (χ4v) is 3.42. The highest BCUT2D eigenvalue weighted by Gasteiger charge is 2.12. The Hall–Kier alpha value is -3.73. The number of furan rings is 2. The number of pyridine rings is 3. The molecule has 0 saturated heterocycles. The first-order valence-corrected chi connectivity index (χ1v) is 8.29. The Bertz CT molecular complexity index is 1330. The van der Waals surface area contributed by atoms with Crippen LogP contribution in [0.3, 0.4) is 0 Å². The first kappa shape index (κ1) is 13.5. The van der Waals surface area contributed by atoms with E-state index in [1.807, 2.05) is 54.6 Å². The molecule has 0 atom stereocenters. The Balaban J connectivity index is 1.57. The number of benzene rings is 1. The third-order valence-electron chi connectivity index (χ3n) is 4.66. The van der Waals surface area contributed by atoms with Crippen LogP contribution < -0.4 is 0 Å². The third-order valence-corrected chi connectivity index (χ3v) is 4.66. The first-order valence-electron chi connectivity index (χ1n) is 8.29. The minimum Gasteiger partial charge on any atom is -0.438 e. The smallest absolute Gasteiger partial charge is 0.230 e. The van der Waals surface area contributed by atoms with Gasteiger partial charge in [-0.3, -0.25) is 0 Å². The molecule has 0 saturated carbocycles. The molecule has 0 aliphatic rings. The van der Waals surface area contributed by atoms with E-state index in [1.165, 1.54) is 0 Å². The highest BCUT2D eigenvalue weighted by molar-refractivity contribution is 6.05. The zero-order valence-electron chi connectivity index (χ0n) is 13.5. The zero-order chi connectivity index (χ0) is 17.1. The lowest BCUT2D eigenvalue weighted by atomic mass is 10.1. The van der Waals surface area contributed by atoms with Crippen molar-refractivity contribution in [3.8, 4) is 11.3 Å². The molecule has 6 rings (SSSR count). The molecule has 5 aromatic heterocycles. The molecule has 0 aliphatic carbocycles. The SMILES string of the molecule is c1cnc2oc3cc(-c4ccc5c(n4)oc4ncccc45)ccc3c2c1. The fraction of sp³-hybridized carbons (Fsp3) is 0. The van der Waals surface area contributed by atoms with Crippen LogP contribution in [0.25, 0.3) is 55.5 Å². The van der Waals surface area contributed by atoms with Gasteiger partial charge in [0.05, 0.1) is 5.69 Å². The van der Waals surface area contributed by atoms with E-state index < -0.39 is 0 Å². The van der Waals surface area contributed by atoms with Crippen molar-refractivity contribution >= 4 is 44.3 Å². The number of aromatic nitrogens is 3. The Kier molecular flexibility index (Phi) is 2.55. The summed E-state index contributed by atoms with van der Waals surface area (Å²) in [5.74, 6) is 0. The van der Waals surface area contributed by atoms with Crippen molar-refractivity contribution in [1.82, 2.24) is 15.0 Å². The lowest BCUT2D eigenvalue weighted by Crippen LogP contribution is -1.83. The number of fused-ring (bicyclic) bond motifs is 6. The number of rotatable bonds is 1. The molecular formula is C21H11N3O2. The van der Waals surface area contributed by atoms with Gasteiger partial charge in [-0.25, -0.2) is 15.0 Å². The fourth-order valence-electron chi connectivity index (χ4n) is 3.42. The summed E-state index contributed by atoms with van der Waals surface area (Å²) in [6.07, 6.45) is 3.45.